The average Bonchev–Trinajstić information content (AvgIpc) is 3.59. The highest BCUT2D eigenvalue weighted by Gasteiger charge is 2.34. The molecular formula is C23H24F2N2O3. The van der Waals surface area contributed by atoms with Crippen molar-refractivity contribution in [1.29, 1.82) is 0 Å². The maximum absolute atomic E-state index is 13.6. The Bertz CT molecular complexity index is 967. The molecule has 0 atom stereocenters. The molecule has 30 heavy (non-hydrogen) atoms. The van der Waals surface area contributed by atoms with Gasteiger partial charge in [0, 0.05) is 5.92 Å². The van der Waals surface area contributed by atoms with Gasteiger partial charge in [-0.05, 0) is 79.7 Å². The van der Waals surface area contributed by atoms with Crippen LogP contribution in [0.1, 0.15) is 77.7 Å². The van der Waals surface area contributed by atoms with Crippen molar-refractivity contribution < 1.29 is 23.5 Å². The number of carbonyl (C=O) groups excluding carboxylic acids is 1. The highest BCUT2D eigenvalue weighted by molar-refractivity contribution is 5.97. The lowest BCUT2D eigenvalue weighted by molar-refractivity contribution is 0.0877. The Morgan fingerprint density at radius 3 is 2.30 bits per heavy atom. The van der Waals surface area contributed by atoms with E-state index in [4.69, 9.17) is 5.11 Å². The van der Waals surface area contributed by atoms with E-state index in [-0.39, 0.29) is 24.2 Å². The molecule has 2 saturated carbocycles. The zero-order chi connectivity index (χ0) is 21.3. The van der Waals surface area contributed by atoms with Gasteiger partial charge in [0.15, 0.2) is 17.4 Å². The third-order valence-electron chi connectivity index (χ3n) is 6.17. The quantitative estimate of drug-likeness (QED) is 0.640. The summed E-state index contributed by atoms with van der Waals surface area (Å²) in [4.78, 5) is 28.6. The van der Waals surface area contributed by atoms with Crippen LogP contribution in [0.15, 0.2) is 30.3 Å². The zero-order valence-corrected chi connectivity index (χ0v) is 16.5. The summed E-state index contributed by atoms with van der Waals surface area (Å²) in [5, 5.41) is 11.1. The van der Waals surface area contributed by atoms with Crippen LogP contribution >= 0.6 is 0 Å². The fraction of sp³-hybridized carbons (Fsp3) is 0.435. The van der Waals surface area contributed by atoms with Gasteiger partial charge >= 0.3 is 6.09 Å². The van der Waals surface area contributed by atoms with Crippen molar-refractivity contribution in [2.45, 2.75) is 56.9 Å². The van der Waals surface area contributed by atoms with E-state index in [0.717, 1.165) is 42.9 Å². The predicted molar refractivity (Wildman–Crippen MR) is 106 cm³/mol. The molecule has 2 aromatic rings. The average molecular weight is 414 g/mol. The summed E-state index contributed by atoms with van der Waals surface area (Å²) in [5.41, 5.74) is 2.74. The van der Waals surface area contributed by atoms with Crippen molar-refractivity contribution in [3.63, 3.8) is 0 Å². The molecule has 1 aromatic carbocycles. The van der Waals surface area contributed by atoms with E-state index in [1.54, 1.807) is 12.1 Å². The fourth-order valence-corrected chi connectivity index (χ4v) is 4.34. The smallest absolute Gasteiger partial charge is 0.404 e. The highest BCUT2D eigenvalue weighted by Crippen LogP contribution is 2.43. The van der Waals surface area contributed by atoms with E-state index in [2.05, 4.69) is 10.3 Å². The minimum absolute atomic E-state index is 0.0119. The number of Topliss-reactive ketones (excluding diaryl/α,β-unsaturated/α-hetero) is 1. The number of nitrogens with one attached hydrogen (secondary N) is 1. The molecule has 2 aliphatic rings. The van der Waals surface area contributed by atoms with Gasteiger partial charge in [0.25, 0.3) is 0 Å². The van der Waals surface area contributed by atoms with Crippen LogP contribution in [0.4, 0.5) is 13.6 Å². The van der Waals surface area contributed by atoms with Crippen LogP contribution in [0.2, 0.25) is 0 Å². The third kappa shape index (κ3) is 4.50. The van der Waals surface area contributed by atoms with Gasteiger partial charge in [-0.1, -0.05) is 12.1 Å². The van der Waals surface area contributed by atoms with Crippen LogP contribution in [0.3, 0.4) is 0 Å². The van der Waals surface area contributed by atoms with E-state index in [1.807, 2.05) is 6.07 Å². The summed E-state index contributed by atoms with van der Waals surface area (Å²) in [5.74, 6) is -1.35. The molecule has 4 rings (SSSR count). The van der Waals surface area contributed by atoms with Crippen molar-refractivity contribution in [3.8, 4) is 0 Å². The van der Waals surface area contributed by atoms with Crippen molar-refractivity contribution in [2.75, 3.05) is 0 Å². The molecule has 0 aliphatic heterocycles. The zero-order valence-electron chi connectivity index (χ0n) is 16.5. The van der Waals surface area contributed by atoms with Gasteiger partial charge in [0.2, 0.25) is 0 Å². The SMILES string of the molecule is O=C(O)NCc1ccc(C2CC2)c(C(=O)C2CCC(c3ccc(F)c(F)c3)CC2)n1. The second kappa shape index (κ2) is 8.50. The molecule has 2 aliphatic carbocycles. The van der Waals surface area contributed by atoms with Crippen molar-refractivity contribution >= 4 is 11.9 Å². The molecular weight excluding hydrogens is 390 g/mol. The molecule has 0 unspecified atom stereocenters. The first-order valence-corrected chi connectivity index (χ1v) is 10.4. The van der Waals surface area contributed by atoms with Gasteiger partial charge in [-0.2, -0.15) is 0 Å². The molecule has 2 fully saturated rings. The maximum Gasteiger partial charge on any atom is 0.404 e. The van der Waals surface area contributed by atoms with E-state index in [1.165, 1.54) is 6.07 Å². The predicted octanol–water partition coefficient (Wildman–Crippen LogP) is 5.16. The number of amides is 1. The number of ketones is 1. The molecule has 0 bridgehead atoms. The second-order valence-electron chi connectivity index (χ2n) is 8.26. The Balaban J connectivity index is 1.47. The molecule has 1 amide bonds. The minimum atomic E-state index is -1.13. The number of benzene rings is 1. The van der Waals surface area contributed by atoms with Crippen molar-refractivity contribution in [2.24, 2.45) is 5.92 Å². The number of nitrogens with zero attached hydrogens (tertiary/aromatic N) is 1. The normalized spacial score (nSPS) is 21.3. The first-order chi connectivity index (χ1) is 14.4. The molecule has 2 N–H and O–H groups in total. The molecule has 7 heteroatoms. The minimum Gasteiger partial charge on any atom is -0.465 e. The van der Waals surface area contributed by atoms with Gasteiger partial charge in [0.1, 0.15) is 5.69 Å². The largest absolute Gasteiger partial charge is 0.465 e. The lowest BCUT2D eigenvalue weighted by atomic mass is 9.76. The Kier molecular flexibility index (Phi) is 5.79. The maximum atomic E-state index is 13.6. The topological polar surface area (TPSA) is 79.3 Å². The standard InChI is InChI=1S/C23H24F2N2O3/c24-19-10-7-16(11-20(19)25)13-1-5-15(6-2-13)22(28)21-18(14-3-4-14)9-8-17(27-21)12-26-23(29)30/h7-11,13-15,26H,1-6,12H2,(H,29,30). The second-order valence-corrected chi connectivity index (χ2v) is 8.26. The van der Waals surface area contributed by atoms with E-state index in [0.29, 0.717) is 30.1 Å². The summed E-state index contributed by atoms with van der Waals surface area (Å²) in [6, 6.07) is 7.72. The van der Waals surface area contributed by atoms with Crippen molar-refractivity contribution in [1.82, 2.24) is 10.3 Å². The van der Waals surface area contributed by atoms with Crippen LogP contribution in [0.25, 0.3) is 0 Å². The number of rotatable bonds is 6. The van der Waals surface area contributed by atoms with E-state index >= 15 is 0 Å². The number of hydrogen-bond donors (Lipinski definition) is 2. The molecule has 1 aromatic heterocycles. The number of halogens is 2. The highest BCUT2D eigenvalue weighted by atomic mass is 19.2. The number of carboxylic acid groups (broad SMARTS) is 1. The van der Waals surface area contributed by atoms with Crippen LogP contribution in [0.5, 0.6) is 0 Å². The molecule has 0 radical (unpaired) electrons. The number of pyridine rings is 1. The number of carbonyl (C=O) groups is 2. The van der Waals surface area contributed by atoms with E-state index in [9.17, 15) is 18.4 Å². The fourth-order valence-electron chi connectivity index (χ4n) is 4.34. The summed E-state index contributed by atoms with van der Waals surface area (Å²) in [7, 11) is 0. The summed E-state index contributed by atoms with van der Waals surface area (Å²) < 4.78 is 26.8. The lowest BCUT2D eigenvalue weighted by Gasteiger charge is -2.28. The summed E-state index contributed by atoms with van der Waals surface area (Å²) in [6.07, 6.45) is 3.76. The van der Waals surface area contributed by atoms with Crippen LogP contribution < -0.4 is 5.32 Å². The van der Waals surface area contributed by atoms with Crippen LogP contribution in [-0.4, -0.2) is 22.0 Å². The Morgan fingerprint density at radius 2 is 1.67 bits per heavy atom. The van der Waals surface area contributed by atoms with Crippen LogP contribution in [-0.2, 0) is 6.54 Å². The first kappa shape index (κ1) is 20.4. The number of aromatic nitrogens is 1. The van der Waals surface area contributed by atoms with Crippen LogP contribution in [0, 0.1) is 17.6 Å². The Labute approximate surface area is 173 Å². The molecule has 1 heterocycles. The molecule has 0 spiro atoms. The summed E-state index contributed by atoms with van der Waals surface area (Å²) >= 11 is 0. The Morgan fingerprint density at radius 1 is 0.967 bits per heavy atom. The first-order valence-electron chi connectivity index (χ1n) is 10.4. The molecule has 158 valence electrons. The van der Waals surface area contributed by atoms with Gasteiger partial charge < -0.3 is 10.4 Å². The van der Waals surface area contributed by atoms with Gasteiger partial charge in [-0.15, -0.1) is 0 Å². The van der Waals surface area contributed by atoms with Gasteiger partial charge in [0.05, 0.1) is 12.2 Å². The Hall–Kier alpha value is -2.83. The molecule has 0 saturated heterocycles. The number of hydrogen-bond acceptors (Lipinski definition) is 3. The lowest BCUT2D eigenvalue weighted by Crippen LogP contribution is -2.25. The third-order valence-corrected chi connectivity index (χ3v) is 6.17. The van der Waals surface area contributed by atoms with E-state index < -0.39 is 17.7 Å². The van der Waals surface area contributed by atoms with Crippen molar-refractivity contribution in [3.05, 3.63) is 64.5 Å². The monoisotopic (exact) mass is 414 g/mol. The van der Waals surface area contributed by atoms with Gasteiger partial charge in [-0.25, -0.2) is 18.6 Å². The summed E-state index contributed by atoms with van der Waals surface area (Å²) in [6.45, 7) is 0.0590. The molecule has 5 nitrogen and oxygen atoms in total. The van der Waals surface area contributed by atoms with Gasteiger partial charge in [-0.3, -0.25) is 4.79 Å².